The lowest BCUT2D eigenvalue weighted by Crippen LogP contribution is -2.08. The lowest BCUT2D eigenvalue weighted by atomic mass is 10.0. The van der Waals surface area contributed by atoms with Crippen LogP contribution in [-0.2, 0) is 0 Å². The third-order valence-electron chi connectivity index (χ3n) is 2.62. The lowest BCUT2D eigenvalue weighted by molar-refractivity contribution is 0.103. The smallest absolute Gasteiger partial charge is 0.201 e. The van der Waals surface area contributed by atoms with Crippen molar-refractivity contribution in [2.45, 2.75) is 6.92 Å². The van der Waals surface area contributed by atoms with Gasteiger partial charge in [-0.1, -0.05) is 29.8 Å². The molecule has 0 unspecified atom stereocenters. The maximum absolute atomic E-state index is 13.8. The summed E-state index contributed by atoms with van der Waals surface area (Å²) in [6, 6.07) is 10.9. The molecule has 2 rings (SSSR count). The molecule has 2 nitrogen and oxygen atoms in total. The molecule has 0 saturated heterocycles. The number of para-hydroxylation sites is 1. The predicted octanol–water partition coefficient (Wildman–Crippen LogP) is 4.11. The molecule has 2 aromatic carbocycles. The Bertz CT molecular complexity index is 591. The van der Waals surface area contributed by atoms with E-state index in [4.69, 9.17) is 16.3 Å². The normalized spacial score (nSPS) is 10.3. The first kappa shape index (κ1) is 13.6. The molecule has 0 atom stereocenters. The maximum atomic E-state index is 13.8. The second-order valence-corrected chi connectivity index (χ2v) is 4.26. The van der Waals surface area contributed by atoms with Crippen LogP contribution in [0.15, 0.2) is 42.5 Å². The van der Waals surface area contributed by atoms with Crippen molar-refractivity contribution in [1.29, 1.82) is 0 Å². The van der Waals surface area contributed by atoms with Gasteiger partial charge in [0.15, 0.2) is 0 Å². The van der Waals surface area contributed by atoms with E-state index in [2.05, 4.69) is 0 Å². The fourth-order valence-corrected chi connectivity index (χ4v) is 2.03. The van der Waals surface area contributed by atoms with Crippen LogP contribution >= 0.6 is 11.6 Å². The number of carbonyl (C=O) groups excluding carboxylic acids is 1. The van der Waals surface area contributed by atoms with Crippen LogP contribution in [0, 0.1) is 5.82 Å². The van der Waals surface area contributed by atoms with E-state index in [1.807, 2.05) is 6.92 Å². The number of benzene rings is 2. The third kappa shape index (κ3) is 2.76. The van der Waals surface area contributed by atoms with E-state index in [0.717, 1.165) is 0 Å². The Morgan fingerprint density at radius 3 is 2.63 bits per heavy atom. The van der Waals surface area contributed by atoms with Gasteiger partial charge in [-0.2, -0.15) is 0 Å². The highest BCUT2D eigenvalue weighted by Gasteiger charge is 2.20. The number of carbonyl (C=O) groups is 1. The first-order valence-electron chi connectivity index (χ1n) is 5.85. The van der Waals surface area contributed by atoms with E-state index >= 15 is 0 Å². The van der Waals surface area contributed by atoms with Crippen molar-refractivity contribution in [3.8, 4) is 5.75 Å². The minimum Gasteiger partial charge on any atom is -0.493 e. The van der Waals surface area contributed by atoms with Crippen LogP contribution in [-0.4, -0.2) is 12.4 Å². The van der Waals surface area contributed by atoms with Crippen molar-refractivity contribution in [3.63, 3.8) is 0 Å². The number of halogens is 2. The summed E-state index contributed by atoms with van der Waals surface area (Å²) in [5.41, 5.74) is 0.174. The highest BCUT2D eigenvalue weighted by Crippen LogP contribution is 2.26. The molecule has 0 aromatic heterocycles. The summed E-state index contributed by atoms with van der Waals surface area (Å²) in [5, 5.41) is 0.0938. The molecule has 0 bridgehead atoms. The summed E-state index contributed by atoms with van der Waals surface area (Å²) in [6.45, 7) is 2.24. The van der Waals surface area contributed by atoms with Crippen molar-refractivity contribution in [1.82, 2.24) is 0 Å². The molecule has 0 radical (unpaired) electrons. The van der Waals surface area contributed by atoms with Crippen LogP contribution < -0.4 is 4.74 Å². The molecule has 98 valence electrons. The summed E-state index contributed by atoms with van der Waals surface area (Å²) in [5.74, 6) is -0.690. The summed E-state index contributed by atoms with van der Waals surface area (Å²) in [4.78, 5) is 12.4. The van der Waals surface area contributed by atoms with Crippen molar-refractivity contribution >= 4 is 17.4 Å². The van der Waals surface area contributed by atoms with Crippen LogP contribution in [0.1, 0.15) is 22.8 Å². The van der Waals surface area contributed by atoms with Crippen molar-refractivity contribution in [3.05, 3.63) is 64.4 Å². The standard InChI is InChI=1S/C15H12ClFO2/c1-2-19-13-9-4-3-6-10(13)15(18)14-11(16)7-5-8-12(14)17/h3-9H,2H2,1H3. The van der Waals surface area contributed by atoms with Gasteiger partial charge in [-0.25, -0.2) is 4.39 Å². The number of hydrogen-bond acceptors (Lipinski definition) is 2. The van der Waals surface area contributed by atoms with Crippen LogP contribution in [0.3, 0.4) is 0 Å². The minimum atomic E-state index is -0.635. The average Bonchev–Trinajstić information content (AvgIpc) is 2.39. The zero-order chi connectivity index (χ0) is 13.8. The van der Waals surface area contributed by atoms with Crippen LogP contribution in [0.5, 0.6) is 5.75 Å². The van der Waals surface area contributed by atoms with E-state index in [-0.39, 0.29) is 10.6 Å². The Morgan fingerprint density at radius 1 is 1.21 bits per heavy atom. The Labute approximate surface area is 115 Å². The van der Waals surface area contributed by atoms with Gasteiger partial charge in [-0.3, -0.25) is 4.79 Å². The molecule has 0 aliphatic rings. The largest absolute Gasteiger partial charge is 0.493 e. The molecule has 0 N–H and O–H groups in total. The molecule has 0 saturated carbocycles. The molecule has 0 heterocycles. The second-order valence-electron chi connectivity index (χ2n) is 3.85. The molecule has 0 aliphatic heterocycles. The zero-order valence-corrected chi connectivity index (χ0v) is 11.1. The Hall–Kier alpha value is -1.87. The molecule has 2 aromatic rings. The van der Waals surface area contributed by atoms with E-state index in [9.17, 15) is 9.18 Å². The fraction of sp³-hybridized carbons (Fsp3) is 0.133. The van der Waals surface area contributed by atoms with Crippen molar-refractivity contribution < 1.29 is 13.9 Å². The van der Waals surface area contributed by atoms with Gasteiger partial charge in [0.2, 0.25) is 5.78 Å². The van der Waals surface area contributed by atoms with Gasteiger partial charge in [-0.15, -0.1) is 0 Å². The Morgan fingerprint density at radius 2 is 1.95 bits per heavy atom. The van der Waals surface area contributed by atoms with Gasteiger partial charge in [-0.05, 0) is 31.2 Å². The van der Waals surface area contributed by atoms with Gasteiger partial charge in [0.1, 0.15) is 11.6 Å². The van der Waals surface area contributed by atoms with E-state index < -0.39 is 11.6 Å². The highest BCUT2D eigenvalue weighted by atomic mass is 35.5. The van der Waals surface area contributed by atoms with Gasteiger partial charge in [0.25, 0.3) is 0 Å². The van der Waals surface area contributed by atoms with Crippen molar-refractivity contribution in [2.75, 3.05) is 6.61 Å². The van der Waals surface area contributed by atoms with Gasteiger partial charge in [0.05, 0.1) is 22.8 Å². The predicted molar refractivity (Wildman–Crippen MR) is 72.5 cm³/mol. The van der Waals surface area contributed by atoms with Crippen LogP contribution in [0.2, 0.25) is 5.02 Å². The maximum Gasteiger partial charge on any atom is 0.201 e. The van der Waals surface area contributed by atoms with E-state index in [1.165, 1.54) is 18.2 Å². The lowest BCUT2D eigenvalue weighted by Gasteiger charge is -2.10. The van der Waals surface area contributed by atoms with E-state index in [0.29, 0.717) is 17.9 Å². The molecule has 19 heavy (non-hydrogen) atoms. The van der Waals surface area contributed by atoms with Crippen LogP contribution in [0.4, 0.5) is 4.39 Å². The average molecular weight is 279 g/mol. The quantitative estimate of drug-likeness (QED) is 0.787. The molecule has 0 aliphatic carbocycles. The highest BCUT2D eigenvalue weighted by molar-refractivity contribution is 6.35. The SMILES string of the molecule is CCOc1ccccc1C(=O)c1c(F)cccc1Cl. The van der Waals surface area contributed by atoms with E-state index in [1.54, 1.807) is 24.3 Å². The van der Waals surface area contributed by atoms with Crippen molar-refractivity contribution in [2.24, 2.45) is 0 Å². The molecule has 0 spiro atoms. The number of hydrogen-bond donors (Lipinski definition) is 0. The molecule has 0 fully saturated rings. The van der Waals surface area contributed by atoms with Gasteiger partial charge >= 0.3 is 0 Å². The van der Waals surface area contributed by atoms with Gasteiger partial charge in [0, 0.05) is 0 Å². The molecule has 0 amide bonds. The van der Waals surface area contributed by atoms with Gasteiger partial charge < -0.3 is 4.74 Å². The molecule has 4 heteroatoms. The zero-order valence-electron chi connectivity index (χ0n) is 10.3. The summed E-state index contributed by atoms with van der Waals surface area (Å²) >= 11 is 5.90. The fourth-order valence-electron chi connectivity index (χ4n) is 1.79. The molecular formula is C15H12ClFO2. The first-order chi connectivity index (χ1) is 9.15. The minimum absolute atomic E-state index is 0.0938. The number of rotatable bonds is 4. The summed E-state index contributed by atoms with van der Waals surface area (Å²) < 4.78 is 19.1. The Kier molecular flexibility index (Phi) is 4.17. The topological polar surface area (TPSA) is 26.3 Å². The third-order valence-corrected chi connectivity index (χ3v) is 2.94. The number of ketones is 1. The summed E-state index contributed by atoms with van der Waals surface area (Å²) in [6.07, 6.45) is 0. The second kappa shape index (κ2) is 5.85. The number of ether oxygens (including phenoxy) is 1. The summed E-state index contributed by atoms with van der Waals surface area (Å²) in [7, 11) is 0. The first-order valence-corrected chi connectivity index (χ1v) is 6.23. The van der Waals surface area contributed by atoms with Crippen LogP contribution in [0.25, 0.3) is 0 Å². The monoisotopic (exact) mass is 278 g/mol. The Balaban J connectivity index is 2.50. The molecular weight excluding hydrogens is 267 g/mol.